The Hall–Kier alpha value is -2.96. The number of rotatable bonds is 6. The van der Waals surface area contributed by atoms with Gasteiger partial charge < -0.3 is 14.5 Å². The average Bonchev–Trinajstić information content (AvgIpc) is 2.92. The molecule has 0 aliphatic carbocycles. The number of hydroxylamine groups is 1. The van der Waals surface area contributed by atoms with Gasteiger partial charge in [0.15, 0.2) is 0 Å². The van der Waals surface area contributed by atoms with Gasteiger partial charge in [0.05, 0.1) is 19.8 Å². The summed E-state index contributed by atoms with van der Waals surface area (Å²) >= 11 is 1.60. The fourth-order valence-corrected chi connectivity index (χ4v) is 4.52. The molecule has 0 spiro atoms. The first-order valence-corrected chi connectivity index (χ1v) is 12.7. The summed E-state index contributed by atoms with van der Waals surface area (Å²) < 4.78 is 10.1. The molecule has 2 aliphatic rings. The fourth-order valence-electron chi connectivity index (χ4n) is 4.32. The van der Waals surface area contributed by atoms with Crippen LogP contribution in [0, 0.1) is 0 Å². The van der Waals surface area contributed by atoms with Crippen molar-refractivity contribution in [2.75, 3.05) is 44.3 Å². The number of carbonyl (C=O) groups is 3. The Balaban J connectivity index is 1.59. The molecule has 9 nitrogen and oxygen atoms in total. The number of nitrogens with one attached hydrogen (secondary N) is 1. The van der Waals surface area contributed by atoms with Crippen LogP contribution in [0.4, 0.5) is 10.5 Å². The second-order valence-electron chi connectivity index (χ2n) is 8.67. The summed E-state index contributed by atoms with van der Waals surface area (Å²) in [6.07, 6.45) is 2.85. The molecule has 2 aromatic carbocycles. The van der Waals surface area contributed by atoms with Gasteiger partial charge in [0.2, 0.25) is 5.91 Å². The van der Waals surface area contributed by atoms with Crippen LogP contribution in [0.3, 0.4) is 0 Å². The van der Waals surface area contributed by atoms with Crippen LogP contribution in [-0.2, 0) is 19.2 Å². The molecule has 1 fully saturated rings. The zero-order chi connectivity index (χ0) is 25.5. The van der Waals surface area contributed by atoms with E-state index in [2.05, 4.69) is 14.7 Å². The Morgan fingerprint density at radius 1 is 1.06 bits per heavy atom. The summed E-state index contributed by atoms with van der Waals surface area (Å²) in [5.74, 6) is -0.263. The topological polar surface area (TPSA) is 91.4 Å². The molecular formula is C26H29IN4O5. The maximum atomic E-state index is 13.6. The van der Waals surface area contributed by atoms with Gasteiger partial charge >= 0.3 is 6.03 Å². The quantitative estimate of drug-likeness (QED) is 0.401. The Labute approximate surface area is 224 Å². The van der Waals surface area contributed by atoms with E-state index in [1.807, 2.05) is 41.3 Å². The van der Waals surface area contributed by atoms with E-state index in [4.69, 9.17) is 4.74 Å². The van der Waals surface area contributed by atoms with E-state index in [1.54, 1.807) is 51.9 Å². The monoisotopic (exact) mass is 604 g/mol. The molecule has 4 rings (SSSR count). The van der Waals surface area contributed by atoms with Gasteiger partial charge in [-0.25, -0.2) is 13.4 Å². The molecule has 36 heavy (non-hydrogen) atoms. The second-order valence-corrected chi connectivity index (χ2v) is 9.11. The third-order valence-corrected chi connectivity index (χ3v) is 6.60. The van der Waals surface area contributed by atoms with E-state index in [-0.39, 0.29) is 17.8 Å². The number of morpholine rings is 1. The molecule has 0 saturated carbocycles. The number of hydrogen-bond donors (Lipinski definition) is 1. The Morgan fingerprint density at radius 2 is 1.81 bits per heavy atom. The minimum absolute atomic E-state index is 0.0756. The molecule has 190 valence electrons. The Bertz CT molecular complexity index is 1130. The smallest absolute Gasteiger partial charge is 0.324 e. The normalized spacial score (nSPS) is 15.8. The largest absolute Gasteiger partial charge is 0.378 e. The minimum Gasteiger partial charge on any atom is -0.378 e. The molecule has 2 aliphatic heterocycles. The van der Waals surface area contributed by atoms with Gasteiger partial charge in [-0.05, 0) is 47.4 Å². The van der Waals surface area contributed by atoms with Crippen molar-refractivity contribution in [3.63, 3.8) is 0 Å². The fraction of sp³-hybridized carbons (Fsp3) is 0.346. The van der Waals surface area contributed by atoms with Crippen molar-refractivity contribution in [2.45, 2.75) is 19.9 Å². The first-order valence-electron chi connectivity index (χ1n) is 11.8. The molecule has 0 unspecified atom stereocenters. The number of ether oxygens (including phenoxy) is 1. The van der Waals surface area contributed by atoms with Crippen molar-refractivity contribution >= 4 is 52.1 Å². The van der Waals surface area contributed by atoms with E-state index in [9.17, 15) is 14.4 Å². The number of halogens is 1. The van der Waals surface area contributed by atoms with E-state index in [0.717, 1.165) is 23.2 Å². The number of nitrogens with zero attached hydrogens (tertiary/aromatic N) is 3. The van der Waals surface area contributed by atoms with Gasteiger partial charge in [0.1, 0.15) is 23.0 Å². The summed E-state index contributed by atoms with van der Waals surface area (Å²) in [5, 5.41) is 0. The van der Waals surface area contributed by atoms with Crippen LogP contribution < -0.4 is 10.4 Å². The van der Waals surface area contributed by atoms with E-state index in [0.29, 0.717) is 51.5 Å². The first-order chi connectivity index (χ1) is 17.5. The van der Waals surface area contributed by atoms with Gasteiger partial charge in [-0.1, -0.05) is 30.3 Å². The lowest BCUT2D eigenvalue weighted by Crippen LogP contribution is -2.48. The third kappa shape index (κ3) is 6.42. The standard InChI is InChI=1S/C26H29IN4O5/c1-19(32)29-11-9-21(10-12-29)23-3-2-4-24(17-23)31(26(34)30-13-15-35-16-14-30)18-20-5-7-22(8-6-20)25(33)28-36-27/h2-9,17H,10-16,18H2,1H3,(H,28,33). The lowest BCUT2D eigenvalue weighted by atomic mass is 9.98. The predicted molar refractivity (Wildman–Crippen MR) is 144 cm³/mol. The number of amides is 4. The van der Waals surface area contributed by atoms with Crippen LogP contribution in [-0.4, -0.2) is 67.0 Å². The van der Waals surface area contributed by atoms with Crippen molar-refractivity contribution in [1.82, 2.24) is 15.3 Å². The Morgan fingerprint density at radius 3 is 2.44 bits per heavy atom. The zero-order valence-electron chi connectivity index (χ0n) is 20.1. The number of carbonyl (C=O) groups excluding carboxylic acids is 3. The lowest BCUT2D eigenvalue weighted by molar-refractivity contribution is -0.128. The van der Waals surface area contributed by atoms with E-state index >= 15 is 0 Å². The van der Waals surface area contributed by atoms with Crippen molar-refractivity contribution in [2.24, 2.45) is 0 Å². The van der Waals surface area contributed by atoms with Crippen LogP contribution in [0.2, 0.25) is 0 Å². The molecule has 4 amide bonds. The van der Waals surface area contributed by atoms with Crippen molar-refractivity contribution < 1.29 is 22.3 Å². The highest BCUT2D eigenvalue weighted by Crippen LogP contribution is 2.28. The van der Waals surface area contributed by atoms with Crippen molar-refractivity contribution in [3.05, 3.63) is 71.3 Å². The lowest BCUT2D eigenvalue weighted by Gasteiger charge is -2.33. The molecular weight excluding hydrogens is 575 g/mol. The predicted octanol–water partition coefficient (Wildman–Crippen LogP) is 3.79. The molecule has 0 aromatic heterocycles. The van der Waals surface area contributed by atoms with Gasteiger partial charge in [0.25, 0.3) is 5.91 Å². The van der Waals surface area contributed by atoms with Crippen LogP contribution in [0.5, 0.6) is 0 Å². The van der Waals surface area contributed by atoms with E-state index in [1.165, 1.54) is 5.57 Å². The number of urea groups is 1. The summed E-state index contributed by atoms with van der Waals surface area (Å²) in [6.45, 7) is 5.32. The van der Waals surface area contributed by atoms with E-state index < -0.39 is 0 Å². The van der Waals surface area contributed by atoms with Crippen LogP contribution in [0.25, 0.3) is 5.57 Å². The molecule has 0 radical (unpaired) electrons. The SMILES string of the molecule is CC(=O)N1CC=C(c2cccc(N(Cc3ccc(C(=O)NOI)cc3)C(=O)N3CCOCC3)c2)CC1. The van der Waals surface area contributed by atoms with Crippen LogP contribution >= 0.6 is 23.0 Å². The van der Waals surface area contributed by atoms with Gasteiger partial charge in [0, 0.05) is 44.4 Å². The molecule has 2 heterocycles. The highest BCUT2D eigenvalue weighted by atomic mass is 127. The summed E-state index contributed by atoms with van der Waals surface area (Å²) in [5.41, 5.74) is 6.65. The van der Waals surface area contributed by atoms with Gasteiger partial charge in [-0.15, -0.1) is 0 Å². The highest BCUT2D eigenvalue weighted by molar-refractivity contribution is 14.1. The average molecular weight is 604 g/mol. The second kappa shape index (κ2) is 12.3. The molecule has 10 heteroatoms. The minimum atomic E-state index is -0.339. The molecule has 0 atom stereocenters. The zero-order valence-corrected chi connectivity index (χ0v) is 22.3. The van der Waals surface area contributed by atoms with Crippen molar-refractivity contribution in [3.8, 4) is 0 Å². The van der Waals surface area contributed by atoms with Gasteiger partial charge in [-0.2, -0.15) is 0 Å². The summed E-state index contributed by atoms with van der Waals surface area (Å²) in [6, 6.07) is 15.0. The summed E-state index contributed by atoms with van der Waals surface area (Å²) in [4.78, 5) is 42.7. The molecule has 0 bridgehead atoms. The van der Waals surface area contributed by atoms with Crippen LogP contribution in [0.1, 0.15) is 34.8 Å². The maximum Gasteiger partial charge on any atom is 0.324 e. The summed E-state index contributed by atoms with van der Waals surface area (Å²) in [7, 11) is 0. The highest BCUT2D eigenvalue weighted by Gasteiger charge is 2.25. The first kappa shape index (κ1) is 26.1. The van der Waals surface area contributed by atoms with Crippen LogP contribution in [0.15, 0.2) is 54.6 Å². The number of anilines is 1. The molecule has 1 N–H and O–H groups in total. The van der Waals surface area contributed by atoms with Gasteiger partial charge in [-0.3, -0.25) is 14.5 Å². The maximum absolute atomic E-state index is 13.6. The molecule has 2 aromatic rings. The Kier molecular flexibility index (Phi) is 8.94. The third-order valence-electron chi connectivity index (χ3n) is 6.38. The number of hydrogen-bond acceptors (Lipinski definition) is 5. The van der Waals surface area contributed by atoms with Crippen molar-refractivity contribution in [1.29, 1.82) is 0 Å². The number of benzene rings is 2. The molecule has 1 saturated heterocycles.